The first-order chi connectivity index (χ1) is 12.0. The molecule has 6 nitrogen and oxygen atoms in total. The SMILES string of the molecule is CC.CC(=O)c1ccc2c(c1)nc(NC(=O)c1ccc(N)cc1)n2C. The largest absolute Gasteiger partial charge is 0.399 e. The highest BCUT2D eigenvalue weighted by molar-refractivity contribution is 6.04. The van der Waals surface area contributed by atoms with Crippen molar-refractivity contribution in [3.05, 3.63) is 53.6 Å². The van der Waals surface area contributed by atoms with Crippen molar-refractivity contribution in [2.45, 2.75) is 20.8 Å². The van der Waals surface area contributed by atoms with Crippen molar-refractivity contribution in [2.24, 2.45) is 7.05 Å². The second-order valence-corrected chi connectivity index (χ2v) is 5.33. The first kappa shape index (κ1) is 18.2. The molecule has 0 unspecified atom stereocenters. The average molecular weight is 338 g/mol. The standard InChI is InChI=1S/C17H16N4O2.C2H6/c1-10(22)12-5-8-15-14(9-12)19-17(21(15)2)20-16(23)11-3-6-13(18)7-4-11;1-2/h3-9H,18H2,1-2H3,(H,19,20,23);1-2H3. The van der Waals surface area contributed by atoms with Crippen molar-refractivity contribution < 1.29 is 9.59 Å². The molecule has 0 spiro atoms. The van der Waals surface area contributed by atoms with Gasteiger partial charge in [-0.15, -0.1) is 0 Å². The number of aryl methyl sites for hydroxylation is 1. The van der Waals surface area contributed by atoms with Gasteiger partial charge in [0.15, 0.2) is 5.78 Å². The molecule has 6 heteroatoms. The predicted molar refractivity (Wildman–Crippen MR) is 101 cm³/mol. The number of carbonyl (C=O) groups excluding carboxylic acids is 2. The zero-order valence-corrected chi connectivity index (χ0v) is 14.8. The normalized spacial score (nSPS) is 10.1. The van der Waals surface area contributed by atoms with Crippen molar-refractivity contribution >= 4 is 34.4 Å². The summed E-state index contributed by atoms with van der Waals surface area (Å²) in [6.45, 7) is 5.51. The van der Waals surface area contributed by atoms with E-state index in [0.717, 1.165) is 5.52 Å². The fraction of sp³-hybridized carbons (Fsp3) is 0.211. The monoisotopic (exact) mass is 338 g/mol. The first-order valence-electron chi connectivity index (χ1n) is 8.10. The third-order valence-corrected chi connectivity index (χ3v) is 3.69. The summed E-state index contributed by atoms with van der Waals surface area (Å²) in [6, 6.07) is 11.9. The zero-order chi connectivity index (χ0) is 18.6. The van der Waals surface area contributed by atoms with Gasteiger partial charge in [-0.1, -0.05) is 13.8 Å². The summed E-state index contributed by atoms with van der Waals surface area (Å²) in [5.74, 6) is 0.128. The van der Waals surface area contributed by atoms with E-state index in [4.69, 9.17) is 5.73 Å². The molecule has 1 aromatic heterocycles. The maximum absolute atomic E-state index is 12.3. The number of nitrogen functional groups attached to an aromatic ring is 1. The summed E-state index contributed by atoms with van der Waals surface area (Å²) in [7, 11) is 1.81. The Labute approximate surface area is 146 Å². The van der Waals surface area contributed by atoms with Gasteiger partial charge < -0.3 is 10.3 Å². The number of nitrogens with one attached hydrogen (secondary N) is 1. The lowest BCUT2D eigenvalue weighted by Crippen LogP contribution is -2.15. The van der Waals surface area contributed by atoms with Gasteiger partial charge in [0, 0.05) is 23.9 Å². The molecule has 25 heavy (non-hydrogen) atoms. The average Bonchev–Trinajstić information content (AvgIpc) is 2.92. The third-order valence-electron chi connectivity index (χ3n) is 3.69. The molecule has 0 radical (unpaired) electrons. The van der Waals surface area contributed by atoms with Crippen LogP contribution in [-0.4, -0.2) is 21.2 Å². The van der Waals surface area contributed by atoms with Crippen LogP contribution in [0.15, 0.2) is 42.5 Å². The molecular weight excluding hydrogens is 316 g/mol. The van der Waals surface area contributed by atoms with Gasteiger partial charge in [0.05, 0.1) is 11.0 Å². The molecular formula is C19H22N4O2. The quantitative estimate of drug-likeness (QED) is 0.563. The number of ketones is 1. The topological polar surface area (TPSA) is 90.0 Å². The van der Waals surface area contributed by atoms with Gasteiger partial charge in [-0.2, -0.15) is 0 Å². The number of amides is 1. The molecule has 0 aliphatic heterocycles. The van der Waals surface area contributed by atoms with Crippen LogP contribution in [0, 0.1) is 0 Å². The fourth-order valence-corrected chi connectivity index (χ4v) is 2.34. The molecule has 0 saturated carbocycles. The van der Waals surface area contributed by atoms with E-state index in [2.05, 4.69) is 10.3 Å². The van der Waals surface area contributed by atoms with E-state index >= 15 is 0 Å². The van der Waals surface area contributed by atoms with Crippen LogP contribution in [-0.2, 0) is 7.05 Å². The Hall–Kier alpha value is -3.15. The Bertz CT molecular complexity index is 911. The minimum absolute atomic E-state index is 0.0231. The molecule has 0 saturated heterocycles. The highest BCUT2D eigenvalue weighted by Crippen LogP contribution is 2.20. The van der Waals surface area contributed by atoms with Crippen molar-refractivity contribution in [2.75, 3.05) is 11.1 Å². The number of rotatable bonds is 3. The molecule has 2 aromatic carbocycles. The Balaban J connectivity index is 0.00000109. The first-order valence-corrected chi connectivity index (χ1v) is 8.10. The molecule has 0 aliphatic rings. The van der Waals surface area contributed by atoms with Gasteiger partial charge in [-0.05, 0) is 49.4 Å². The second-order valence-electron chi connectivity index (χ2n) is 5.33. The number of carbonyl (C=O) groups is 2. The number of hydrogen-bond acceptors (Lipinski definition) is 4. The van der Waals surface area contributed by atoms with Crippen LogP contribution in [0.25, 0.3) is 11.0 Å². The van der Waals surface area contributed by atoms with Gasteiger partial charge in [0.1, 0.15) is 0 Å². The van der Waals surface area contributed by atoms with Crippen LogP contribution < -0.4 is 11.1 Å². The van der Waals surface area contributed by atoms with E-state index in [1.807, 2.05) is 19.9 Å². The van der Waals surface area contributed by atoms with Crippen LogP contribution >= 0.6 is 0 Å². The van der Waals surface area contributed by atoms with E-state index in [1.54, 1.807) is 48.0 Å². The van der Waals surface area contributed by atoms with Gasteiger partial charge >= 0.3 is 0 Å². The van der Waals surface area contributed by atoms with Crippen LogP contribution in [0.5, 0.6) is 0 Å². The number of imidazole rings is 1. The van der Waals surface area contributed by atoms with Crippen molar-refractivity contribution in [1.82, 2.24) is 9.55 Å². The maximum atomic E-state index is 12.3. The van der Waals surface area contributed by atoms with Gasteiger partial charge in [0.25, 0.3) is 5.91 Å². The van der Waals surface area contributed by atoms with Crippen LogP contribution in [0.2, 0.25) is 0 Å². The van der Waals surface area contributed by atoms with Crippen molar-refractivity contribution in [1.29, 1.82) is 0 Å². The Morgan fingerprint density at radius 2 is 1.64 bits per heavy atom. The Kier molecular flexibility index (Phi) is 5.54. The number of Topliss-reactive ketones (excluding diaryl/α,β-unsaturated/α-hetero) is 1. The molecule has 0 atom stereocenters. The van der Waals surface area contributed by atoms with E-state index in [0.29, 0.717) is 28.3 Å². The van der Waals surface area contributed by atoms with Crippen LogP contribution in [0.1, 0.15) is 41.5 Å². The molecule has 3 N–H and O–H groups in total. The molecule has 1 amide bonds. The lowest BCUT2D eigenvalue weighted by Gasteiger charge is -2.05. The smallest absolute Gasteiger partial charge is 0.257 e. The number of anilines is 2. The van der Waals surface area contributed by atoms with E-state index < -0.39 is 0 Å². The second kappa shape index (κ2) is 7.61. The Morgan fingerprint density at radius 1 is 1.04 bits per heavy atom. The summed E-state index contributed by atoms with van der Waals surface area (Å²) < 4.78 is 1.77. The Morgan fingerprint density at radius 3 is 2.24 bits per heavy atom. The lowest BCUT2D eigenvalue weighted by molar-refractivity contribution is 0.101. The number of fused-ring (bicyclic) bond motifs is 1. The van der Waals surface area contributed by atoms with E-state index in [-0.39, 0.29) is 11.7 Å². The predicted octanol–water partition coefficient (Wildman–Crippen LogP) is 3.64. The molecule has 0 aliphatic carbocycles. The zero-order valence-electron chi connectivity index (χ0n) is 14.8. The fourth-order valence-electron chi connectivity index (χ4n) is 2.34. The summed E-state index contributed by atoms with van der Waals surface area (Å²) >= 11 is 0. The van der Waals surface area contributed by atoms with Gasteiger partial charge in [-0.3, -0.25) is 14.9 Å². The summed E-state index contributed by atoms with van der Waals surface area (Å²) in [5, 5.41) is 2.77. The molecule has 3 rings (SSSR count). The number of benzene rings is 2. The molecule has 130 valence electrons. The summed E-state index contributed by atoms with van der Waals surface area (Å²) in [4.78, 5) is 28.1. The van der Waals surface area contributed by atoms with E-state index in [1.165, 1.54) is 6.92 Å². The van der Waals surface area contributed by atoms with E-state index in [9.17, 15) is 9.59 Å². The van der Waals surface area contributed by atoms with Gasteiger partial charge in [0.2, 0.25) is 5.95 Å². The van der Waals surface area contributed by atoms with Crippen LogP contribution in [0.4, 0.5) is 11.6 Å². The maximum Gasteiger partial charge on any atom is 0.257 e. The number of nitrogens with zero attached hydrogens (tertiary/aromatic N) is 2. The van der Waals surface area contributed by atoms with Crippen LogP contribution in [0.3, 0.4) is 0 Å². The molecule has 3 aromatic rings. The lowest BCUT2D eigenvalue weighted by atomic mass is 10.1. The van der Waals surface area contributed by atoms with Crippen molar-refractivity contribution in [3.63, 3.8) is 0 Å². The third kappa shape index (κ3) is 3.85. The molecule has 1 heterocycles. The van der Waals surface area contributed by atoms with Gasteiger partial charge in [-0.25, -0.2) is 4.98 Å². The molecule has 0 fully saturated rings. The molecule has 0 bridgehead atoms. The summed E-state index contributed by atoms with van der Waals surface area (Å²) in [6.07, 6.45) is 0. The summed E-state index contributed by atoms with van der Waals surface area (Å²) in [5.41, 5.74) is 8.80. The number of hydrogen-bond donors (Lipinski definition) is 2. The minimum atomic E-state index is -0.268. The minimum Gasteiger partial charge on any atom is -0.399 e. The highest BCUT2D eigenvalue weighted by Gasteiger charge is 2.13. The van der Waals surface area contributed by atoms with Crippen molar-refractivity contribution in [3.8, 4) is 0 Å². The highest BCUT2D eigenvalue weighted by atomic mass is 16.1. The number of nitrogens with two attached hydrogens (primary N) is 1. The number of aromatic nitrogens is 2.